The predicted octanol–water partition coefficient (Wildman–Crippen LogP) is 9.09. The molecule has 186 valence electrons. The van der Waals surface area contributed by atoms with Crippen molar-refractivity contribution in [2.75, 3.05) is 0 Å². The third-order valence-electron chi connectivity index (χ3n) is 7.44. The smallest absolute Gasteiger partial charge is 0.126 e. The Morgan fingerprint density at radius 3 is 1.49 bits per heavy atom. The fourth-order valence-corrected chi connectivity index (χ4v) is 5.24. The predicted molar refractivity (Wildman–Crippen MR) is 160 cm³/mol. The zero-order chi connectivity index (χ0) is 26.9. The normalized spacial score (nSPS) is 10.9. The molecule has 0 radical (unpaired) electrons. The summed E-state index contributed by atoms with van der Waals surface area (Å²) in [7, 11) is 0. The Morgan fingerprint density at radius 2 is 0.974 bits per heavy atom. The van der Waals surface area contributed by atoms with E-state index in [-0.39, 0.29) is 0 Å². The molecule has 1 heterocycles. The first kappa shape index (κ1) is 24.3. The molecule has 0 aliphatic rings. The largest absolute Gasteiger partial charge is 0.238 e. The van der Waals surface area contributed by atoms with Crippen LogP contribution in [0.5, 0.6) is 0 Å². The molecule has 0 fully saturated rings. The molecule has 0 aliphatic heterocycles. The Bertz CT molecular complexity index is 1860. The Hall–Kier alpha value is -5.07. The number of hydrogen-bond donors (Lipinski definition) is 0. The van der Waals surface area contributed by atoms with Gasteiger partial charge in [0.25, 0.3) is 0 Å². The second-order valence-corrected chi connectivity index (χ2v) is 9.88. The summed E-state index contributed by atoms with van der Waals surface area (Å²) in [6.07, 6.45) is 0. The van der Waals surface area contributed by atoms with Gasteiger partial charge in [-0.3, -0.25) is 0 Å². The van der Waals surface area contributed by atoms with Crippen LogP contribution in [0.15, 0.2) is 109 Å². The fraction of sp³-hybridized carbons (Fsp3) is 0.0833. The van der Waals surface area contributed by atoms with E-state index in [0.29, 0.717) is 5.56 Å². The fourth-order valence-electron chi connectivity index (χ4n) is 5.24. The van der Waals surface area contributed by atoms with E-state index in [1.165, 1.54) is 33.0 Å². The van der Waals surface area contributed by atoms with Crippen molar-refractivity contribution in [2.45, 2.75) is 20.8 Å². The van der Waals surface area contributed by atoms with Crippen LogP contribution in [0.2, 0.25) is 0 Å². The molecule has 0 spiro atoms. The molecular weight excluding hydrogens is 474 g/mol. The van der Waals surface area contributed by atoms with Gasteiger partial charge >= 0.3 is 0 Å². The highest BCUT2D eigenvalue weighted by atomic mass is 14.9. The molecule has 3 nitrogen and oxygen atoms in total. The van der Waals surface area contributed by atoms with Crippen molar-refractivity contribution in [3.05, 3.63) is 132 Å². The minimum Gasteiger partial charge on any atom is -0.238 e. The number of hydrogen-bond acceptors (Lipinski definition) is 3. The standard InChI is InChI=1S/C36H27N3/c1-23-24(2)38-25(3)39-36(23)31-18-16-30(17-19-31)33-21-20-32(34-6-4-5-7-35(33)34)29-14-12-28(13-15-29)27-10-8-26(22-37)9-11-27/h4-21H,1-3H3. The Kier molecular flexibility index (Phi) is 6.23. The second-order valence-electron chi connectivity index (χ2n) is 9.88. The molecule has 6 rings (SSSR count). The quantitative estimate of drug-likeness (QED) is 0.242. The SMILES string of the molecule is Cc1nc(C)c(C)c(-c2ccc(-c3ccc(-c4ccc(-c5ccc(C#N)cc5)cc4)c4ccccc34)cc2)n1. The van der Waals surface area contributed by atoms with Crippen LogP contribution in [-0.2, 0) is 0 Å². The maximum atomic E-state index is 9.07. The average Bonchev–Trinajstić information content (AvgIpc) is 2.99. The summed E-state index contributed by atoms with van der Waals surface area (Å²) < 4.78 is 0. The summed E-state index contributed by atoms with van der Waals surface area (Å²) in [4.78, 5) is 9.21. The van der Waals surface area contributed by atoms with Gasteiger partial charge in [-0.1, -0.05) is 97.1 Å². The van der Waals surface area contributed by atoms with Gasteiger partial charge in [-0.25, -0.2) is 9.97 Å². The lowest BCUT2D eigenvalue weighted by atomic mass is 9.91. The molecule has 0 saturated carbocycles. The highest BCUT2D eigenvalue weighted by molar-refractivity contribution is 6.05. The molecule has 1 aromatic heterocycles. The molecule has 0 N–H and O–H groups in total. The number of fused-ring (bicyclic) bond motifs is 1. The zero-order valence-corrected chi connectivity index (χ0v) is 22.2. The van der Waals surface area contributed by atoms with Gasteiger partial charge < -0.3 is 0 Å². The lowest BCUT2D eigenvalue weighted by Gasteiger charge is -2.14. The zero-order valence-electron chi connectivity index (χ0n) is 22.2. The summed E-state index contributed by atoms with van der Waals surface area (Å²) in [5.74, 6) is 0.795. The van der Waals surface area contributed by atoms with Crippen LogP contribution in [-0.4, -0.2) is 9.97 Å². The minimum atomic E-state index is 0.672. The first-order valence-electron chi connectivity index (χ1n) is 13.1. The molecule has 5 aromatic carbocycles. The lowest BCUT2D eigenvalue weighted by Crippen LogP contribution is -1.99. The first-order chi connectivity index (χ1) is 19.0. The van der Waals surface area contributed by atoms with Crippen LogP contribution >= 0.6 is 0 Å². The maximum Gasteiger partial charge on any atom is 0.126 e. The van der Waals surface area contributed by atoms with E-state index in [1.807, 2.05) is 38.1 Å². The van der Waals surface area contributed by atoms with Crippen LogP contribution in [0.1, 0.15) is 22.6 Å². The Labute approximate surface area is 229 Å². The van der Waals surface area contributed by atoms with Crippen LogP contribution in [0.4, 0.5) is 0 Å². The summed E-state index contributed by atoms with van der Waals surface area (Å²) in [5, 5.41) is 11.5. The van der Waals surface area contributed by atoms with Gasteiger partial charge in [0, 0.05) is 11.3 Å². The van der Waals surface area contributed by atoms with Crippen molar-refractivity contribution >= 4 is 10.8 Å². The molecule has 0 saturated heterocycles. The van der Waals surface area contributed by atoms with E-state index in [2.05, 4.69) is 103 Å². The average molecular weight is 502 g/mol. The lowest BCUT2D eigenvalue weighted by molar-refractivity contribution is 0.992. The van der Waals surface area contributed by atoms with E-state index in [9.17, 15) is 0 Å². The van der Waals surface area contributed by atoms with Gasteiger partial charge in [0.15, 0.2) is 0 Å². The van der Waals surface area contributed by atoms with Gasteiger partial charge in [0.1, 0.15) is 5.82 Å². The van der Waals surface area contributed by atoms with Gasteiger partial charge in [-0.2, -0.15) is 5.26 Å². The summed E-state index contributed by atoms with van der Waals surface area (Å²) >= 11 is 0. The number of nitriles is 1. The van der Waals surface area contributed by atoms with Crippen molar-refractivity contribution in [3.63, 3.8) is 0 Å². The summed E-state index contributed by atoms with van der Waals surface area (Å²) in [6, 6.07) is 40.3. The molecule has 6 aromatic rings. The van der Waals surface area contributed by atoms with Crippen molar-refractivity contribution in [1.29, 1.82) is 5.26 Å². The van der Waals surface area contributed by atoms with Gasteiger partial charge in [-0.05, 0) is 82.6 Å². The van der Waals surface area contributed by atoms with Gasteiger partial charge in [-0.15, -0.1) is 0 Å². The minimum absolute atomic E-state index is 0.672. The molecule has 39 heavy (non-hydrogen) atoms. The van der Waals surface area contributed by atoms with E-state index in [4.69, 9.17) is 10.2 Å². The summed E-state index contributed by atoms with van der Waals surface area (Å²) in [6.45, 7) is 6.07. The highest BCUT2D eigenvalue weighted by Gasteiger charge is 2.12. The summed E-state index contributed by atoms with van der Waals surface area (Å²) in [5.41, 5.74) is 11.9. The maximum absolute atomic E-state index is 9.07. The van der Waals surface area contributed by atoms with Crippen molar-refractivity contribution < 1.29 is 0 Å². The van der Waals surface area contributed by atoms with Crippen LogP contribution in [0.25, 0.3) is 55.4 Å². The molecule has 3 heteroatoms. The van der Waals surface area contributed by atoms with E-state index in [1.54, 1.807) is 0 Å². The first-order valence-corrected chi connectivity index (χ1v) is 13.1. The highest BCUT2D eigenvalue weighted by Crippen LogP contribution is 2.37. The van der Waals surface area contributed by atoms with Gasteiger partial charge in [0.2, 0.25) is 0 Å². The monoisotopic (exact) mass is 501 g/mol. The van der Waals surface area contributed by atoms with E-state index in [0.717, 1.165) is 39.5 Å². The Balaban J connectivity index is 1.36. The van der Waals surface area contributed by atoms with Crippen molar-refractivity contribution in [2.24, 2.45) is 0 Å². The molecule has 0 unspecified atom stereocenters. The van der Waals surface area contributed by atoms with Crippen LogP contribution < -0.4 is 0 Å². The Morgan fingerprint density at radius 1 is 0.513 bits per heavy atom. The van der Waals surface area contributed by atoms with E-state index < -0.39 is 0 Å². The molecular formula is C36H27N3. The number of rotatable bonds is 4. The molecule has 0 aliphatic carbocycles. The third kappa shape index (κ3) is 4.58. The van der Waals surface area contributed by atoms with Gasteiger partial charge in [0.05, 0.1) is 17.3 Å². The topological polar surface area (TPSA) is 49.6 Å². The number of aryl methyl sites for hydroxylation is 2. The van der Waals surface area contributed by atoms with E-state index >= 15 is 0 Å². The van der Waals surface area contributed by atoms with Crippen molar-refractivity contribution in [1.82, 2.24) is 9.97 Å². The second kappa shape index (κ2) is 10.0. The van der Waals surface area contributed by atoms with Crippen LogP contribution in [0.3, 0.4) is 0 Å². The number of aromatic nitrogens is 2. The van der Waals surface area contributed by atoms with Crippen LogP contribution in [0, 0.1) is 32.1 Å². The molecule has 0 atom stereocenters. The molecule has 0 bridgehead atoms. The number of benzene rings is 5. The number of nitrogens with zero attached hydrogens (tertiary/aromatic N) is 3. The van der Waals surface area contributed by atoms with Crippen molar-refractivity contribution in [3.8, 4) is 50.7 Å². The molecule has 0 amide bonds. The third-order valence-corrected chi connectivity index (χ3v) is 7.44.